The summed E-state index contributed by atoms with van der Waals surface area (Å²) in [6, 6.07) is 6.10. The molecule has 7 heteroatoms. The number of carbonyl (C=O) groups is 1. The molecular weight excluding hydrogens is 408 g/mol. The zero-order chi connectivity index (χ0) is 19.7. The Kier molecular flexibility index (Phi) is 8.86. The minimum atomic E-state index is -0.110. The van der Waals surface area contributed by atoms with E-state index in [9.17, 15) is 4.79 Å². The van der Waals surface area contributed by atoms with Crippen LogP contribution in [-0.4, -0.2) is 63.4 Å². The number of amides is 2. The molecule has 0 aliphatic carbocycles. The number of halogens is 1. The standard InChI is InChI=1S/C20H33BrN4O2/c1-20(2,3)16-5-6-18(17(21)15-16)27-14-4-7-23-19(26)24-10-13-25-11-8-22-9-12-25/h5-6,15,22H,4,7-14H2,1-3H3,(H2,23,24,26). The third-order valence-corrected chi connectivity index (χ3v) is 5.21. The van der Waals surface area contributed by atoms with Crippen LogP contribution in [0.15, 0.2) is 22.7 Å². The van der Waals surface area contributed by atoms with E-state index in [2.05, 4.69) is 69.7 Å². The number of hydrogen-bond acceptors (Lipinski definition) is 4. The summed E-state index contributed by atoms with van der Waals surface area (Å²) in [5.74, 6) is 0.837. The lowest BCUT2D eigenvalue weighted by Crippen LogP contribution is -2.47. The second-order valence-corrected chi connectivity index (χ2v) is 8.73. The smallest absolute Gasteiger partial charge is 0.314 e. The van der Waals surface area contributed by atoms with E-state index in [1.165, 1.54) is 5.56 Å². The molecule has 0 bridgehead atoms. The van der Waals surface area contributed by atoms with Crippen LogP contribution in [0.1, 0.15) is 32.8 Å². The molecule has 0 unspecified atom stereocenters. The maximum Gasteiger partial charge on any atom is 0.314 e. The first-order chi connectivity index (χ1) is 12.9. The average molecular weight is 441 g/mol. The molecule has 1 heterocycles. The largest absolute Gasteiger partial charge is 0.492 e. The average Bonchev–Trinajstić information content (AvgIpc) is 2.62. The van der Waals surface area contributed by atoms with E-state index in [1.807, 2.05) is 6.07 Å². The lowest BCUT2D eigenvalue weighted by molar-refractivity contribution is 0.226. The highest BCUT2D eigenvalue weighted by molar-refractivity contribution is 9.10. The van der Waals surface area contributed by atoms with Gasteiger partial charge in [-0.05, 0) is 45.5 Å². The Balaban J connectivity index is 1.56. The van der Waals surface area contributed by atoms with Crippen LogP contribution in [-0.2, 0) is 5.41 Å². The van der Waals surface area contributed by atoms with Gasteiger partial charge < -0.3 is 20.7 Å². The number of rotatable bonds is 8. The Morgan fingerprint density at radius 1 is 1.22 bits per heavy atom. The van der Waals surface area contributed by atoms with Crippen molar-refractivity contribution in [1.29, 1.82) is 0 Å². The number of nitrogens with one attached hydrogen (secondary N) is 3. The van der Waals surface area contributed by atoms with E-state index < -0.39 is 0 Å². The fourth-order valence-electron chi connectivity index (χ4n) is 2.87. The van der Waals surface area contributed by atoms with Crippen molar-refractivity contribution in [2.75, 3.05) is 52.4 Å². The van der Waals surface area contributed by atoms with E-state index in [-0.39, 0.29) is 11.4 Å². The van der Waals surface area contributed by atoms with Gasteiger partial charge in [-0.15, -0.1) is 0 Å². The molecule has 2 rings (SSSR count). The van der Waals surface area contributed by atoms with Gasteiger partial charge in [0.1, 0.15) is 5.75 Å². The number of piperazine rings is 1. The zero-order valence-electron chi connectivity index (χ0n) is 16.7. The number of hydrogen-bond donors (Lipinski definition) is 3. The number of ether oxygens (including phenoxy) is 1. The Hall–Kier alpha value is -1.31. The van der Waals surface area contributed by atoms with Crippen molar-refractivity contribution < 1.29 is 9.53 Å². The molecule has 1 fully saturated rings. The maximum absolute atomic E-state index is 11.8. The third-order valence-electron chi connectivity index (χ3n) is 4.59. The van der Waals surface area contributed by atoms with E-state index in [1.54, 1.807) is 0 Å². The topological polar surface area (TPSA) is 65.6 Å². The molecule has 1 aromatic carbocycles. The Morgan fingerprint density at radius 3 is 2.59 bits per heavy atom. The van der Waals surface area contributed by atoms with Crippen molar-refractivity contribution in [3.8, 4) is 5.75 Å². The summed E-state index contributed by atoms with van der Waals surface area (Å²) >= 11 is 3.58. The molecule has 3 N–H and O–H groups in total. The monoisotopic (exact) mass is 440 g/mol. The van der Waals surface area contributed by atoms with Gasteiger partial charge in [0.25, 0.3) is 0 Å². The van der Waals surface area contributed by atoms with Crippen molar-refractivity contribution >= 4 is 22.0 Å². The van der Waals surface area contributed by atoms with Crippen LogP contribution >= 0.6 is 15.9 Å². The molecule has 0 saturated carbocycles. The first-order valence-corrected chi connectivity index (χ1v) is 10.5. The molecule has 152 valence electrons. The van der Waals surface area contributed by atoms with Gasteiger partial charge >= 0.3 is 6.03 Å². The highest BCUT2D eigenvalue weighted by atomic mass is 79.9. The molecule has 1 aromatic rings. The molecule has 1 aliphatic rings. The lowest BCUT2D eigenvalue weighted by atomic mass is 9.87. The van der Waals surface area contributed by atoms with Crippen LogP contribution in [0.4, 0.5) is 4.79 Å². The number of nitrogens with zero attached hydrogens (tertiary/aromatic N) is 1. The molecular formula is C20H33BrN4O2. The minimum Gasteiger partial charge on any atom is -0.492 e. The van der Waals surface area contributed by atoms with Crippen LogP contribution in [0, 0.1) is 0 Å². The summed E-state index contributed by atoms with van der Waals surface area (Å²) in [5.41, 5.74) is 1.38. The van der Waals surface area contributed by atoms with Crippen LogP contribution in [0.2, 0.25) is 0 Å². The van der Waals surface area contributed by atoms with Crippen molar-refractivity contribution in [1.82, 2.24) is 20.9 Å². The number of carbonyl (C=O) groups excluding carboxylic acids is 1. The SMILES string of the molecule is CC(C)(C)c1ccc(OCCCNC(=O)NCCN2CCNCC2)c(Br)c1. The summed E-state index contributed by atoms with van der Waals surface area (Å²) in [5, 5.41) is 9.11. The molecule has 1 aliphatic heterocycles. The molecule has 0 atom stereocenters. The predicted molar refractivity (Wildman–Crippen MR) is 114 cm³/mol. The van der Waals surface area contributed by atoms with Crippen LogP contribution < -0.4 is 20.7 Å². The fraction of sp³-hybridized carbons (Fsp3) is 0.650. The summed E-state index contributed by atoms with van der Waals surface area (Å²) in [7, 11) is 0. The minimum absolute atomic E-state index is 0.110. The summed E-state index contributed by atoms with van der Waals surface area (Å²) in [6.07, 6.45) is 0.763. The van der Waals surface area contributed by atoms with Gasteiger partial charge in [-0.1, -0.05) is 26.8 Å². The first-order valence-electron chi connectivity index (χ1n) is 9.74. The van der Waals surface area contributed by atoms with Gasteiger partial charge in [-0.2, -0.15) is 0 Å². The van der Waals surface area contributed by atoms with Gasteiger partial charge in [0.2, 0.25) is 0 Å². The van der Waals surface area contributed by atoms with E-state index >= 15 is 0 Å². The first kappa shape index (κ1) is 22.0. The van der Waals surface area contributed by atoms with Gasteiger partial charge in [0, 0.05) is 45.8 Å². The second kappa shape index (κ2) is 10.9. The Labute approximate surface area is 171 Å². The fourth-order valence-corrected chi connectivity index (χ4v) is 3.36. The van der Waals surface area contributed by atoms with Gasteiger partial charge in [-0.25, -0.2) is 4.79 Å². The molecule has 27 heavy (non-hydrogen) atoms. The molecule has 6 nitrogen and oxygen atoms in total. The molecule has 0 radical (unpaired) electrons. The molecule has 0 aromatic heterocycles. The molecule has 2 amide bonds. The van der Waals surface area contributed by atoms with E-state index in [0.717, 1.165) is 49.4 Å². The van der Waals surface area contributed by atoms with E-state index in [0.29, 0.717) is 19.7 Å². The highest BCUT2D eigenvalue weighted by Crippen LogP contribution is 2.31. The van der Waals surface area contributed by atoms with Crippen molar-refractivity contribution in [2.45, 2.75) is 32.6 Å². The number of benzene rings is 1. The van der Waals surface area contributed by atoms with Gasteiger partial charge in [-0.3, -0.25) is 4.90 Å². The third kappa shape index (κ3) is 8.07. The molecule has 0 spiro atoms. The summed E-state index contributed by atoms with van der Waals surface area (Å²) in [6.45, 7) is 13.5. The van der Waals surface area contributed by atoms with Gasteiger partial charge in [0.15, 0.2) is 0 Å². The van der Waals surface area contributed by atoms with Crippen molar-refractivity contribution in [2.24, 2.45) is 0 Å². The van der Waals surface area contributed by atoms with Crippen LogP contribution in [0.25, 0.3) is 0 Å². The quantitative estimate of drug-likeness (QED) is 0.543. The van der Waals surface area contributed by atoms with E-state index in [4.69, 9.17) is 4.74 Å². The number of urea groups is 1. The Morgan fingerprint density at radius 2 is 1.93 bits per heavy atom. The normalized spacial score (nSPS) is 15.4. The predicted octanol–water partition coefficient (Wildman–Crippen LogP) is 2.72. The summed E-state index contributed by atoms with van der Waals surface area (Å²) < 4.78 is 6.78. The van der Waals surface area contributed by atoms with Crippen molar-refractivity contribution in [3.63, 3.8) is 0 Å². The lowest BCUT2D eigenvalue weighted by Gasteiger charge is -2.27. The highest BCUT2D eigenvalue weighted by Gasteiger charge is 2.15. The van der Waals surface area contributed by atoms with Crippen LogP contribution in [0.3, 0.4) is 0 Å². The van der Waals surface area contributed by atoms with Gasteiger partial charge in [0.05, 0.1) is 11.1 Å². The zero-order valence-corrected chi connectivity index (χ0v) is 18.3. The maximum atomic E-state index is 11.8. The van der Waals surface area contributed by atoms with Crippen molar-refractivity contribution in [3.05, 3.63) is 28.2 Å². The Bertz CT molecular complexity index is 598. The second-order valence-electron chi connectivity index (χ2n) is 7.87. The molecule has 1 saturated heterocycles. The van der Waals surface area contributed by atoms with Crippen LogP contribution in [0.5, 0.6) is 5.75 Å². The summed E-state index contributed by atoms with van der Waals surface area (Å²) in [4.78, 5) is 14.2.